The lowest BCUT2D eigenvalue weighted by Crippen LogP contribution is -2.05. The molecule has 2 heterocycles. The van der Waals surface area contributed by atoms with Crippen molar-refractivity contribution in [3.05, 3.63) is 200 Å². The molecule has 0 N–H and O–H groups in total. The number of hydrogen-bond donors (Lipinski definition) is 0. The quantitative estimate of drug-likeness (QED) is 0.161. The van der Waals surface area contributed by atoms with Gasteiger partial charge in [0.05, 0.1) is 0 Å². The Morgan fingerprint density at radius 2 is 0.855 bits per heavy atom. The number of nitrogens with zero attached hydrogens (tertiary/aromatic N) is 2. The normalized spacial score (nSPS) is 13.6. The molecular weight excluding hydrogens is 665 g/mol. The van der Waals surface area contributed by atoms with Crippen LogP contribution in [0, 0.1) is 5.92 Å². The Kier molecular flexibility index (Phi) is 8.22. The third-order valence-corrected chi connectivity index (χ3v) is 11.2. The molecule has 10 rings (SSSR count). The van der Waals surface area contributed by atoms with E-state index in [-0.39, 0.29) is 0 Å². The van der Waals surface area contributed by atoms with Gasteiger partial charge in [-0.15, -0.1) is 0 Å². The van der Waals surface area contributed by atoms with Crippen LogP contribution in [0.1, 0.15) is 18.1 Å². The SMILES string of the molecule is CC1C=Cc2c(c3ccc(-c4ccccc4-c4cccc(-c5cc(-c6ccncc6)cc(-c6ccncc6)c5)c4)cc3c3cc(-c4ccccc4)ccc23)C1. The van der Waals surface area contributed by atoms with Crippen LogP contribution in [-0.2, 0) is 6.42 Å². The van der Waals surface area contributed by atoms with Crippen molar-refractivity contribution in [2.75, 3.05) is 0 Å². The van der Waals surface area contributed by atoms with Gasteiger partial charge >= 0.3 is 0 Å². The molecule has 7 aromatic carbocycles. The highest BCUT2D eigenvalue weighted by Gasteiger charge is 2.20. The summed E-state index contributed by atoms with van der Waals surface area (Å²) in [5.74, 6) is 0.510. The lowest BCUT2D eigenvalue weighted by molar-refractivity contribution is 0.722. The number of allylic oxidation sites excluding steroid dienone is 1. The van der Waals surface area contributed by atoms with Crippen molar-refractivity contribution in [1.29, 1.82) is 0 Å². The van der Waals surface area contributed by atoms with Crippen molar-refractivity contribution >= 4 is 27.6 Å². The van der Waals surface area contributed by atoms with E-state index >= 15 is 0 Å². The molecule has 0 spiro atoms. The van der Waals surface area contributed by atoms with E-state index in [1.54, 1.807) is 0 Å². The van der Waals surface area contributed by atoms with Crippen molar-refractivity contribution in [2.45, 2.75) is 13.3 Å². The number of aromatic nitrogens is 2. The van der Waals surface area contributed by atoms with Gasteiger partial charge in [-0.3, -0.25) is 9.97 Å². The van der Waals surface area contributed by atoms with Crippen LogP contribution in [0.5, 0.6) is 0 Å². The molecule has 2 heteroatoms. The van der Waals surface area contributed by atoms with Gasteiger partial charge in [0, 0.05) is 24.8 Å². The van der Waals surface area contributed by atoms with Crippen LogP contribution in [0.25, 0.3) is 94.4 Å². The van der Waals surface area contributed by atoms with E-state index in [1.807, 2.05) is 24.8 Å². The highest BCUT2D eigenvalue weighted by molar-refractivity contribution is 6.15. The molecule has 9 aromatic rings. The van der Waals surface area contributed by atoms with Gasteiger partial charge in [-0.1, -0.05) is 116 Å². The maximum Gasteiger partial charge on any atom is 0.0273 e. The molecule has 0 radical (unpaired) electrons. The topological polar surface area (TPSA) is 25.8 Å². The van der Waals surface area contributed by atoms with Crippen molar-refractivity contribution in [3.8, 4) is 66.8 Å². The van der Waals surface area contributed by atoms with Gasteiger partial charge in [-0.25, -0.2) is 0 Å². The van der Waals surface area contributed by atoms with Crippen molar-refractivity contribution in [3.63, 3.8) is 0 Å². The molecular formula is C53H38N2. The third kappa shape index (κ3) is 6.12. The second-order valence-electron chi connectivity index (χ2n) is 14.7. The minimum atomic E-state index is 0.510. The lowest BCUT2D eigenvalue weighted by atomic mass is 9.82. The van der Waals surface area contributed by atoms with Crippen molar-refractivity contribution < 1.29 is 0 Å². The Balaban J connectivity index is 1.12. The Hall–Kier alpha value is -6.90. The van der Waals surface area contributed by atoms with Crippen LogP contribution >= 0.6 is 0 Å². The molecule has 0 aliphatic heterocycles. The van der Waals surface area contributed by atoms with E-state index in [0.29, 0.717) is 5.92 Å². The predicted molar refractivity (Wildman–Crippen MR) is 232 cm³/mol. The molecule has 2 aromatic heterocycles. The summed E-state index contributed by atoms with van der Waals surface area (Å²) in [6.07, 6.45) is 13.2. The van der Waals surface area contributed by atoms with E-state index in [0.717, 1.165) is 28.7 Å². The fraction of sp³-hybridized carbons (Fsp3) is 0.0566. The minimum absolute atomic E-state index is 0.510. The number of fused-ring (bicyclic) bond motifs is 6. The second kappa shape index (κ2) is 13.8. The van der Waals surface area contributed by atoms with E-state index < -0.39 is 0 Å². The van der Waals surface area contributed by atoms with Crippen LogP contribution in [0.15, 0.2) is 189 Å². The summed E-state index contributed by atoms with van der Waals surface area (Å²) in [7, 11) is 0. The summed E-state index contributed by atoms with van der Waals surface area (Å²) >= 11 is 0. The average molecular weight is 703 g/mol. The highest BCUT2D eigenvalue weighted by Crippen LogP contribution is 2.43. The predicted octanol–water partition coefficient (Wildman–Crippen LogP) is 14.0. The van der Waals surface area contributed by atoms with E-state index in [2.05, 4.69) is 187 Å². The molecule has 55 heavy (non-hydrogen) atoms. The summed E-state index contributed by atoms with van der Waals surface area (Å²) in [5.41, 5.74) is 17.1. The van der Waals surface area contributed by atoms with Gasteiger partial charge in [0.25, 0.3) is 0 Å². The lowest BCUT2D eigenvalue weighted by Gasteiger charge is -2.22. The number of benzene rings is 7. The average Bonchev–Trinajstić information content (AvgIpc) is 3.27. The zero-order chi connectivity index (χ0) is 36.7. The van der Waals surface area contributed by atoms with E-state index in [1.165, 1.54) is 77.2 Å². The molecule has 0 fully saturated rings. The first-order valence-electron chi connectivity index (χ1n) is 19.1. The number of rotatable bonds is 6. The molecule has 0 amide bonds. The van der Waals surface area contributed by atoms with Gasteiger partial charge in [0.2, 0.25) is 0 Å². The first-order chi connectivity index (χ1) is 27.2. The summed E-state index contributed by atoms with van der Waals surface area (Å²) in [6, 6.07) is 57.9. The summed E-state index contributed by atoms with van der Waals surface area (Å²) in [4.78, 5) is 8.54. The van der Waals surface area contributed by atoms with Crippen LogP contribution in [0.2, 0.25) is 0 Å². The molecule has 1 aliphatic rings. The van der Waals surface area contributed by atoms with Crippen LogP contribution < -0.4 is 0 Å². The van der Waals surface area contributed by atoms with Crippen LogP contribution in [0.3, 0.4) is 0 Å². The number of hydrogen-bond acceptors (Lipinski definition) is 2. The van der Waals surface area contributed by atoms with Gasteiger partial charge in [0.15, 0.2) is 0 Å². The van der Waals surface area contributed by atoms with Gasteiger partial charge in [-0.05, 0) is 172 Å². The summed E-state index contributed by atoms with van der Waals surface area (Å²) in [6.45, 7) is 2.32. The fourth-order valence-electron chi connectivity index (χ4n) is 8.45. The Bertz CT molecular complexity index is 2830. The second-order valence-corrected chi connectivity index (χ2v) is 14.7. The summed E-state index contributed by atoms with van der Waals surface area (Å²) in [5, 5.41) is 5.29. The minimum Gasteiger partial charge on any atom is -0.265 e. The van der Waals surface area contributed by atoms with Gasteiger partial charge in [0.1, 0.15) is 0 Å². The molecule has 0 bridgehead atoms. The molecule has 0 saturated heterocycles. The maximum absolute atomic E-state index is 4.27. The molecule has 0 saturated carbocycles. The van der Waals surface area contributed by atoms with Crippen molar-refractivity contribution in [2.24, 2.45) is 5.92 Å². The zero-order valence-corrected chi connectivity index (χ0v) is 30.7. The molecule has 260 valence electrons. The van der Waals surface area contributed by atoms with Crippen LogP contribution in [-0.4, -0.2) is 9.97 Å². The third-order valence-electron chi connectivity index (χ3n) is 11.2. The standard InChI is InChI=1S/C53H38N2/c1-35-14-17-48-49-18-15-40(36-8-3-2-4-9-36)33-52(49)53-34-42(16-19-50(53)51(48)28-35)47-13-6-5-12-46(47)41-11-7-10-39(29-41)45-31-43(37-20-24-54-25-21-37)30-44(32-45)38-22-26-55-27-23-38/h2-27,29-35H,28H2,1H3. The Labute approximate surface area is 322 Å². The van der Waals surface area contributed by atoms with E-state index in [4.69, 9.17) is 0 Å². The largest absolute Gasteiger partial charge is 0.265 e. The Morgan fingerprint density at radius 1 is 0.382 bits per heavy atom. The maximum atomic E-state index is 4.27. The zero-order valence-electron chi connectivity index (χ0n) is 30.7. The van der Waals surface area contributed by atoms with Crippen molar-refractivity contribution in [1.82, 2.24) is 9.97 Å². The monoisotopic (exact) mass is 702 g/mol. The Morgan fingerprint density at radius 3 is 1.55 bits per heavy atom. The summed E-state index contributed by atoms with van der Waals surface area (Å²) < 4.78 is 0. The smallest absolute Gasteiger partial charge is 0.0273 e. The molecule has 1 aliphatic carbocycles. The first-order valence-corrected chi connectivity index (χ1v) is 19.1. The van der Waals surface area contributed by atoms with E-state index in [9.17, 15) is 0 Å². The van der Waals surface area contributed by atoms with Gasteiger partial charge < -0.3 is 0 Å². The first kappa shape index (κ1) is 32.7. The number of pyridine rings is 2. The fourth-order valence-corrected chi connectivity index (χ4v) is 8.45. The highest BCUT2D eigenvalue weighted by atomic mass is 14.6. The molecule has 1 unspecified atom stereocenters. The van der Waals surface area contributed by atoms with Crippen LogP contribution in [0.4, 0.5) is 0 Å². The molecule has 1 atom stereocenters. The molecule has 2 nitrogen and oxygen atoms in total. The van der Waals surface area contributed by atoms with Gasteiger partial charge in [-0.2, -0.15) is 0 Å².